The zero-order chi connectivity index (χ0) is 19.6. The predicted octanol–water partition coefficient (Wildman–Crippen LogP) is 2.16. The van der Waals surface area contributed by atoms with Crippen molar-refractivity contribution in [1.82, 2.24) is 20.0 Å². The fraction of sp³-hybridized carbons (Fsp3) is 0.684. The Bertz CT molecular complexity index is 686. The van der Waals surface area contributed by atoms with E-state index in [4.69, 9.17) is 9.47 Å². The highest BCUT2D eigenvalue weighted by atomic mass is 16.6. The van der Waals surface area contributed by atoms with Gasteiger partial charge in [0.1, 0.15) is 17.7 Å². The molecule has 27 heavy (non-hydrogen) atoms. The summed E-state index contributed by atoms with van der Waals surface area (Å²) in [6.07, 6.45) is 1.69. The third-order valence-electron chi connectivity index (χ3n) is 4.68. The first-order chi connectivity index (χ1) is 12.7. The summed E-state index contributed by atoms with van der Waals surface area (Å²) < 4.78 is 11.3. The minimum absolute atomic E-state index is 0.0283. The number of ether oxygens (including phenoxy) is 2. The number of amides is 2. The van der Waals surface area contributed by atoms with E-state index in [1.807, 2.05) is 33.8 Å². The maximum Gasteiger partial charge on any atom is 0.410 e. The van der Waals surface area contributed by atoms with E-state index in [9.17, 15) is 9.59 Å². The van der Waals surface area contributed by atoms with Crippen LogP contribution in [0.5, 0.6) is 5.88 Å². The number of carbonyl (C=O) groups is 2. The lowest BCUT2D eigenvalue weighted by Crippen LogP contribution is -2.48. The standard InChI is InChI=1S/C19H28N4O4/c1-13-7-8-16(21-20-13)26-14-9-11-22(12-14)17(24)15-6-5-10-23(15)18(25)27-19(2,3)4/h7-8,14-15H,5-6,9-12H2,1-4H3. The number of likely N-dealkylation sites (tertiary alicyclic amines) is 2. The zero-order valence-electron chi connectivity index (χ0n) is 16.5. The van der Waals surface area contributed by atoms with Gasteiger partial charge in [0.2, 0.25) is 11.8 Å². The first kappa shape index (κ1) is 19.4. The monoisotopic (exact) mass is 376 g/mol. The van der Waals surface area contributed by atoms with Crippen molar-refractivity contribution in [3.63, 3.8) is 0 Å². The van der Waals surface area contributed by atoms with Crippen LogP contribution in [0.3, 0.4) is 0 Å². The van der Waals surface area contributed by atoms with Gasteiger partial charge in [-0.1, -0.05) is 0 Å². The Balaban J connectivity index is 1.57. The molecule has 3 rings (SSSR count). The van der Waals surface area contributed by atoms with E-state index in [1.54, 1.807) is 15.9 Å². The topological polar surface area (TPSA) is 84.9 Å². The number of hydrogen-bond donors (Lipinski definition) is 0. The average molecular weight is 376 g/mol. The van der Waals surface area contributed by atoms with Crippen molar-refractivity contribution in [1.29, 1.82) is 0 Å². The van der Waals surface area contributed by atoms with Gasteiger partial charge in [-0.25, -0.2) is 4.79 Å². The van der Waals surface area contributed by atoms with E-state index in [0.29, 0.717) is 31.9 Å². The number of carbonyl (C=O) groups excluding carboxylic acids is 2. The second-order valence-electron chi connectivity index (χ2n) is 8.16. The molecule has 0 N–H and O–H groups in total. The van der Waals surface area contributed by atoms with Gasteiger partial charge in [0.05, 0.1) is 12.2 Å². The number of aromatic nitrogens is 2. The van der Waals surface area contributed by atoms with Crippen molar-refractivity contribution < 1.29 is 19.1 Å². The Morgan fingerprint density at radius 1 is 1.15 bits per heavy atom. The summed E-state index contributed by atoms with van der Waals surface area (Å²) in [4.78, 5) is 28.7. The lowest BCUT2D eigenvalue weighted by Gasteiger charge is -2.30. The number of nitrogens with zero attached hydrogens (tertiary/aromatic N) is 4. The van der Waals surface area contributed by atoms with Crippen LogP contribution in [-0.4, -0.2) is 69.4 Å². The second-order valence-corrected chi connectivity index (χ2v) is 8.16. The summed E-state index contributed by atoms with van der Waals surface area (Å²) in [5, 5.41) is 8.00. The molecule has 0 radical (unpaired) electrons. The van der Waals surface area contributed by atoms with Gasteiger partial charge in [0.15, 0.2) is 0 Å². The van der Waals surface area contributed by atoms with E-state index >= 15 is 0 Å². The van der Waals surface area contributed by atoms with Crippen molar-refractivity contribution in [2.24, 2.45) is 0 Å². The second kappa shape index (κ2) is 7.70. The molecular weight excluding hydrogens is 348 g/mol. The quantitative estimate of drug-likeness (QED) is 0.804. The van der Waals surface area contributed by atoms with Gasteiger partial charge >= 0.3 is 6.09 Å². The van der Waals surface area contributed by atoms with E-state index in [-0.39, 0.29) is 12.0 Å². The molecule has 2 aliphatic rings. The van der Waals surface area contributed by atoms with Crippen LogP contribution in [0.4, 0.5) is 4.79 Å². The molecular formula is C19H28N4O4. The van der Waals surface area contributed by atoms with E-state index < -0.39 is 17.7 Å². The largest absolute Gasteiger partial charge is 0.471 e. The molecule has 1 aromatic rings. The van der Waals surface area contributed by atoms with Crippen molar-refractivity contribution >= 4 is 12.0 Å². The third-order valence-corrected chi connectivity index (χ3v) is 4.68. The molecule has 3 heterocycles. The van der Waals surface area contributed by atoms with Crippen LogP contribution in [-0.2, 0) is 9.53 Å². The van der Waals surface area contributed by atoms with E-state index in [0.717, 1.165) is 18.5 Å². The minimum atomic E-state index is -0.574. The molecule has 1 aromatic heterocycles. The molecule has 8 nitrogen and oxygen atoms in total. The summed E-state index contributed by atoms with van der Waals surface area (Å²) >= 11 is 0. The Morgan fingerprint density at radius 3 is 2.59 bits per heavy atom. The number of aryl methyl sites for hydroxylation is 1. The van der Waals surface area contributed by atoms with Crippen LogP contribution >= 0.6 is 0 Å². The summed E-state index contributed by atoms with van der Waals surface area (Å²) in [7, 11) is 0. The van der Waals surface area contributed by atoms with Gasteiger partial charge in [-0.2, -0.15) is 5.10 Å². The van der Waals surface area contributed by atoms with Crippen molar-refractivity contribution in [2.75, 3.05) is 19.6 Å². The molecule has 2 fully saturated rings. The number of hydrogen-bond acceptors (Lipinski definition) is 6. The molecule has 0 bridgehead atoms. The van der Waals surface area contributed by atoms with Gasteiger partial charge in [-0.05, 0) is 46.6 Å². The Kier molecular flexibility index (Phi) is 5.53. The molecule has 0 aliphatic carbocycles. The lowest BCUT2D eigenvalue weighted by molar-refractivity contribution is -0.135. The highest BCUT2D eigenvalue weighted by molar-refractivity contribution is 5.86. The molecule has 0 aromatic carbocycles. The van der Waals surface area contributed by atoms with Crippen LogP contribution in [0.1, 0.15) is 45.7 Å². The Labute approximate surface area is 159 Å². The predicted molar refractivity (Wildman–Crippen MR) is 98.3 cm³/mol. The van der Waals surface area contributed by atoms with Gasteiger partial charge in [0, 0.05) is 25.6 Å². The molecule has 0 spiro atoms. The molecule has 8 heteroatoms. The maximum atomic E-state index is 13.0. The highest BCUT2D eigenvalue weighted by Crippen LogP contribution is 2.25. The lowest BCUT2D eigenvalue weighted by atomic mass is 10.2. The van der Waals surface area contributed by atoms with Crippen LogP contribution in [0.2, 0.25) is 0 Å². The van der Waals surface area contributed by atoms with Crippen molar-refractivity contribution in [2.45, 2.75) is 64.7 Å². The molecule has 2 saturated heterocycles. The fourth-order valence-corrected chi connectivity index (χ4v) is 3.42. The van der Waals surface area contributed by atoms with E-state index in [1.165, 1.54) is 0 Å². The molecule has 2 atom stereocenters. The molecule has 0 saturated carbocycles. The average Bonchev–Trinajstić information content (AvgIpc) is 3.24. The third kappa shape index (κ3) is 4.87. The van der Waals surface area contributed by atoms with Crippen LogP contribution in [0, 0.1) is 6.92 Å². The van der Waals surface area contributed by atoms with Crippen LogP contribution in [0.25, 0.3) is 0 Å². The summed E-state index contributed by atoms with van der Waals surface area (Å²) in [5.74, 6) is 0.440. The van der Waals surface area contributed by atoms with Gasteiger partial charge in [0.25, 0.3) is 0 Å². The first-order valence-corrected chi connectivity index (χ1v) is 9.48. The molecule has 2 aliphatic heterocycles. The van der Waals surface area contributed by atoms with Gasteiger partial charge in [-0.3, -0.25) is 9.69 Å². The molecule has 2 unspecified atom stereocenters. The summed E-state index contributed by atoms with van der Waals surface area (Å²) in [6.45, 7) is 9.01. The smallest absolute Gasteiger partial charge is 0.410 e. The first-order valence-electron chi connectivity index (χ1n) is 9.48. The SMILES string of the molecule is Cc1ccc(OC2CCN(C(=O)C3CCCN3C(=O)OC(C)(C)C)C2)nn1. The Morgan fingerprint density at radius 2 is 1.93 bits per heavy atom. The highest BCUT2D eigenvalue weighted by Gasteiger charge is 2.40. The Hall–Kier alpha value is -2.38. The summed E-state index contributed by atoms with van der Waals surface area (Å²) in [5.41, 5.74) is 0.253. The maximum absolute atomic E-state index is 13.0. The van der Waals surface area contributed by atoms with Crippen LogP contribution in [0.15, 0.2) is 12.1 Å². The van der Waals surface area contributed by atoms with Gasteiger partial charge in [-0.15, -0.1) is 5.10 Å². The normalized spacial score (nSPS) is 22.8. The summed E-state index contributed by atoms with van der Waals surface area (Å²) in [6, 6.07) is 3.18. The molecule has 148 valence electrons. The number of rotatable bonds is 3. The van der Waals surface area contributed by atoms with Gasteiger partial charge < -0.3 is 14.4 Å². The molecule has 2 amide bonds. The van der Waals surface area contributed by atoms with Crippen molar-refractivity contribution in [3.05, 3.63) is 17.8 Å². The van der Waals surface area contributed by atoms with Crippen LogP contribution < -0.4 is 4.74 Å². The van der Waals surface area contributed by atoms with Crippen molar-refractivity contribution in [3.8, 4) is 5.88 Å². The van der Waals surface area contributed by atoms with E-state index in [2.05, 4.69) is 10.2 Å². The zero-order valence-corrected chi connectivity index (χ0v) is 16.5. The fourth-order valence-electron chi connectivity index (χ4n) is 3.42. The minimum Gasteiger partial charge on any atom is -0.471 e.